The summed E-state index contributed by atoms with van der Waals surface area (Å²) in [5.41, 5.74) is 0.200. The molecule has 4 nitrogen and oxygen atoms in total. The quantitative estimate of drug-likeness (QED) is 0.692. The summed E-state index contributed by atoms with van der Waals surface area (Å²) in [6, 6.07) is 0.0936. The molecule has 2 rings (SSSR count). The lowest BCUT2D eigenvalue weighted by Gasteiger charge is -2.37. The lowest BCUT2D eigenvalue weighted by Crippen LogP contribution is -2.51. The second-order valence-electron chi connectivity index (χ2n) is 3.55. The summed E-state index contributed by atoms with van der Waals surface area (Å²) in [7, 11) is 0. The molecular formula is C9H11NO3S. The zero-order chi connectivity index (χ0) is 10.5. The largest absolute Gasteiger partial charge is 0.477 e. The highest BCUT2D eigenvalue weighted by atomic mass is 32.2. The fourth-order valence-electron chi connectivity index (χ4n) is 2.13. The van der Waals surface area contributed by atoms with Crippen molar-refractivity contribution < 1.29 is 14.7 Å². The van der Waals surface area contributed by atoms with Crippen molar-refractivity contribution in [2.24, 2.45) is 5.92 Å². The molecule has 0 radical (unpaired) electrons. The Morgan fingerprint density at radius 2 is 2.29 bits per heavy atom. The molecule has 76 valence electrons. The van der Waals surface area contributed by atoms with Crippen LogP contribution in [0.5, 0.6) is 0 Å². The molecule has 0 aromatic rings. The Hall–Kier alpha value is -0.970. The van der Waals surface area contributed by atoms with E-state index >= 15 is 0 Å². The summed E-state index contributed by atoms with van der Waals surface area (Å²) < 4.78 is 0. The Balaban J connectivity index is 2.42. The van der Waals surface area contributed by atoms with E-state index in [0.29, 0.717) is 6.42 Å². The molecule has 0 aromatic heterocycles. The van der Waals surface area contributed by atoms with Gasteiger partial charge >= 0.3 is 5.97 Å². The maximum atomic E-state index is 11.3. The molecule has 14 heavy (non-hydrogen) atoms. The van der Waals surface area contributed by atoms with Crippen molar-refractivity contribution >= 4 is 23.6 Å². The first-order valence-corrected chi connectivity index (χ1v) is 5.64. The third-order valence-electron chi connectivity index (χ3n) is 2.87. The van der Waals surface area contributed by atoms with Crippen LogP contribution in [-0.2, 0) is 9.59 Å². The highest BCUT2D eigenvalue weighted by Crippen LogP contribution is 2.45. The van der Waals surface area contributed by atoms with Crippen LogP contribution in [0.15, 0.2) is 10.6 Å². The predicted molar refractivity (Wildman–Crippen MR) is 52.6 cm³/mol. The van der Waals surface area contributed by atoms with Crippen molar-refractivity contribution in [3.05, 3.63) is 10.6 Å². The minimum atomic E-state index is -0.989. The van der Waals surface area contributed by atoms with Crippen molar-refractivity contribution in [3.8, 4) is 0 Å². The molecule has 0 spiro atoms. The van der Waals surface area contributed by atoms with Gasteiger partial charge in [0.2, 0.25) is 5.91 Å². The van der Waals surface area contributed by atoms with E-state index in [0.717, 1.165) is 4.91 Å². The van der Waals surface area contributed by atoms with E-state index in [9.17, 15) is 9.59 Å². The number of carboxylic acid groups (broad SMARTS) is 1. The minimum Gasteiger partial charge on any atom is -0.477 e. The SMILES string of the molecule is CSC1=C(C(=O)O)N2C(=O)CC2C1C. The number of nitrogens with zero attached hydrogens (tertiary/aromatic N) is 1. The smallest absolute Gasteiger partial charge is 0.353 e. The average molecular weight is 213 g/mol. The van der Waals surface area contributed by atoms with Gasteiger partial charge in [0.05, 0.1) is 6.04 Å². The van der Waals surface area contributed by atoms with Gasteiger partial charge in [-0.3, -0.25) is 4.79 Å². The third kappa shape index (κ3) is 1.02. The van der Waals surface area contributed by atoms with Crippen molar-refractivity contribution in [3.63, 3.8) is 0 Å². The summed E-state index contributed by atoms with van der Waals surface area (Å²) in [5, 5.41) is 9.01. The van der Waals surface area contributed by atoms with Crippen molar-refractivity contribution in [2.45, 2.75) is 19.4 Å². The van der Waals surface area contributed by atoms with E-state index in [1.165, 1.54) is 16.7 Å². The van der Waals surface area contributed by atoms with Gasteiger partial charge in [-0.15, -0.1) is 11.8 Å². The van der Waals surface area contributed by atoms with E-state index in [-0.39, 0.29) is 23.6 Å². The van der Waals surface area contributed by atoms with Crippen LogP contribution in [0.3, 0.4) is 0 Å². The summed E-state index contributed by atoms with van der Waals surface area (Å²) in [5.74, 6) is -0.881. The number of amides is 1. The molecule has 5 heteroatoms. The number of hydrogen-bond acceptors (Lipinski definition) is 3. The molecule has 0 aromatic carbocycles. The lowest BCUT2D eigenvalue weighted by atomic mass is 9.94. The number of fused-ring (bicyclic) bond motifs is 1. The monoisotopic (exact) mass is 213 g/mol. The van der Waals surface area contributed by atoms with Crippen LogP contribution in [0.1, 0.15) is 13.3 Å². The van der Waals surface area contributed by atoms with Gasteiger partial charge in [0.25, 0.3) is 0 Å². The Kier molecular flexibility index (Phi) is 2.06. The number of carboxylic acids is 1. The van der Waals surface area contributed by atoms with Crippen LogP contribution in [-0.4, -0.2) is 34.2 Å². The number of rotatable bonds is 2. The summed E-state index contributed by atoms with van der Waals surface area (Å²) in [6.45, 7) is 1.98. The van der Waals surface area contributed by atoms with Gasteiger partial charge in [-0.1, -0.05) is 6.92 Å². The second kappa shape index (κ2) is 3.02. The van der Waals surface area contributed by atoms with Gasteiger partial charge in [0.15, 0.2) is 0 Å². The van der Waals surface area contributed by atoms with E-state index in [4.69, 9.17) is 5.11 Å². The highest BCUT2D eigenvalue weighted by molar-refractivity contribution is 8.02. The number of β-lactam (4-membered cyclic amide) rings is 1. The van der Waals surface area contributed by atoms with E-state index in [1.54, 1.807) is 0 Å². The first-order chi connectivity index (χ1) is 6.57. The van der Waals surface area contributed by atoms with Gasteiger partial charge in [-0.05, 0) is 6.26 Å². The van der Waals surface area contributed by atoms with Crippen LogP contribution in [0.2, 0.25) is 0 Å². The summed E-state index contributed by atoms with van der Waals surface area (Å²) in [4.78, 5) is 24.5. The Morgan fingerprint density at radius 3 is 2.71 bits per heavy atom. The molecule has 0 bridgehead atoms. The van der Waals surface area contributed by atoms with Crippen LogP contribution in [0, 0.1) is 5.92 Å². The molecule has 1 N–H and O–H groups in total. The average Bonchev–Trinajstić information content (AvgIpc) is 2.34. The summed E-state index contributed by atoms with van der Waals surface area (Å²) in [6.07, 6.45) is 2.34. The first kappa shape index (κ1) is 9.58. The third-order valence-corrected chi connectivity index (χ3v) is 3.88. The molecule has 2 heterocycles. The van der Waals surface area contributed by atoms with Crippen LogP contribution in [0.25, 0.3) is 0 Å². The summed E-state index contributed by atoms with van der Waals surface area (Å²) >= 11 is 1.43. The molecule has 1 amide bonds. The van der Waals surface area contributed by atoms with Crippen molar-refractivity contribution in [1.82, 2.24) is 4.90 Å². The molecular weight excluding hydrogens is 202 g/mol. The van der Waals surface area contributed by atoms with Gasteiger partial charge in [0.1, 0.15) is 5.70 Å². The zero-order valence-corrected chi connectivity index (χ0v) is 8.80. The van der Waals surface area contributed by atoms with Crippen molar-refractivity contribution in [2.75, 3.05) is 6.26 Å². The van der Waals surface area contributed by atoms with Crippen molar-refractivity contribution in [1.29, 1.82) is 0 Å². The maximum Gasteiger partial charge on any atom is 0.353 e. The Labute approximate surface area is 86.0 Å². The fraction of sp³-hybridized carbons (Fsp3) is 0.556. The highest BCUT2D eigenvalue weighted by Gasteiger charge is 2.51. The van der Waals surface area contributed by atoms with Crippen LogP contribution in [0.4, 0.5) is 0 Å². The molecule has 0 saturated carbocycles. The van der Waals surface area contributed by atoms with E-state index in [1.807, 2.05) is 13.2 Å². The zero-order valence-electron chi connectivity index (χ0n) is 7.98. The molecule has 2 atom stereocenters. The normalized spacial score (nSPS) is 30.4. The molecule has 1 fully saturated rings. The van der Waals surface area contributed by atoms with E-state index in [2.05, 4.69) is 0 Å². The fourth-order valence-corrected chi connectivity index (χ4v) is 3.04. The lowest BCUT2D eigenvalue weighted by molar-refractivity contribution is -0.148. The molecule has 1 saturated heterocycles. The number of carbonyl (C=O) groups excluding carboxylic acids is 1. The Bertz CT molecular complexity index is 350. The number of hydrogen-bond donors (Lipinski definition) is 1. The molecule has 2 unspecified atom stereocenters. The predicted octanol–water partition coefficient (Wildman–Crippen LogP) is 0.896. The topological polar surface area (TPSA) is 57.6 Å². The number of carbonyl (C=O) groups is 2. The maximum absolute atomic E-state index is 11.3. The van der Waals surface area contributed by atoms with Gasteiger partial charge in [-0.25, -0.2) is 4.79 Å². The van der Waals surface area contributed by atoms with Crippen LogP contribution >= 0.6 is 11.8 Å². The second-order valence-corrected chi connectivity index (χ2v) is 4.39. The van der Waals surface area contributed by atoms with Gasteiger partial charge in [0, 0.05) is 17.2 Å². The molecule has 2 aliphatic heterocycles. The van der Waals surface area contributed by atoms with Gasteiger partial charge in [-0.2, -0.15) is 0 Å². The van der Waals surface area contributed by atoms with E-state index < -0.39 is 5.97 Å². The Morgan fingerprint density at radius 1 is 1.64 bits per heavy atom. The first-order valence-electron chi connectivity index (χ1n) is 4.41. The number of aliphatic carboxylic acids is 1. The standard InChI is InChI=1S/C9H11NO3S/c1-4-5-3-6(11)10(5)7(9(12)13)8(4)14-2/h4-5H,3H2,1-2H3,(H,12,13). The number of thioether (sulfide) groups is 1. The molecule has 2 aliphatic rings. The molecule has 0 aliphatic carbocycles. The van der Waals surface area contributed by atoms with Gasteiger partial charge < -0.3 is 10.0 Å². The van der Waals surface area contributed by atoms with Crippen LogP contribution < -0.4 is 0 Å². The minimum absolute atomic E-state index is 0.0664.